The first kappa shape index (κ1) is 12.4. The van der Waals surface area contributed by atoms with Gasteiger partial charge in [0.15, 0.2) is 5.82 Å². The maximum absolute atomic E-state index is 5.61. The van der Waals surface area contributed by atoms with Crippen LogP contribution in [-0.4, -0.2) is 15.0 Å². The van der Waals surface area contributed by atoms with Gasteiger partial charge in [-0.05, 0) is 26.0 Å². The number of rotatable bonds is 4. The zero-order chi connectivity index (χ0) is 13.0. The zero-order valence-electron chi connectivity index (χ0n) is 10.6. The van der Waals surface area contributed by atoms with Crippen molar-refractivity contribution in [2.75, 3.05) is 0 Å². The minimum absolute atomic E-state index is 0.306. The largest absolute Gasteiger partial charge is 0.486 e. The van der Waals surface area contributed by atoms with Crippen LogP contribution in [0.2, 0.25) is 0 Å². The number of nitrogens with zero attached hydrogens (tertiary/aromatic N) is 3. The Morgan fingerprint density at radius 1 is 1.00 bits per heavy atom. The van der Waals surface area contributed by atoms with Crippen molar-refractivity contribution >= 4 is 0 Å². The first-order chi connectivity index (χ1) is 8.67. The molecule has 0 saturated carbocycles. The molecular formula is C13H16N4O. The fourth-order valence-electron chi connectivity index (χ4n) is 1.54. The van der Waals surface area contributed by atoms with E-state index in [0.29, 0.717) is 30.6 Å². The lowest BCUT2D eigenvalue weighted by Crippen LogP contribution is -2.11. The van der Waals surface area contributed by atoms with Crippen LogP contribution < -0.4 is 10.5 Å². The fourth-order valence-corrected chi connectivity index (χ4v) is 1.54. The third kappa shape index (κ3) is 3.24. The van der Waals surface area contributed by atoms with Crippen LogP contribution in [-0.2, 0) is 13.2 Å². The van der Waals surface area contributed by atoms with Gasteiger partial charge in [0.2, 0.25) is 0 Å². The van der Waals surface area contributed by atoms with Crippen molar-refractivity contribution in [2.24, 2.45) is 5.73 Å². The summed E-state index contributed by atoms with van der Waals surface area (Å²) in [5.41, 5.74) is 6.72. The molecule has 0 amide bonds. The van der Waals surface area contributed by atoms with Crippen LogP contribution in [0.4, 0.5) is 0 Å². The van der Waals surface area contributed by atoms with Gasteiger partial charge in [-0.3, -0.25) is 0 Å². The van der Waals surface area contributed by atoms with Crippen LogP contribution in [0, 0.1) is 13.8 Å². The summed E-state index contributed by atoms with van der Waals surface area (Å²) in [6.45, 7) is 4.48. The van der Waals surface area contributed by atoms with E-state index < -0.39 is 0 Å². The summed E-state index contributed by atoms with van der Waals surface area (Å²) in [4.78, 5) is 12.5. The van der Waals surface area contributed by atoms with Gasteiger partial charge in [-0.25, -0.2) is 15.0 Å². The van der Waals surface area contributed by atoms with Crippen LogP contribution in [0.15, 0.2) is 24.3 Å². The first-order valence-electron chi connectivity index (χ1n) is 5.77. The maximum atomic E-state index is 5.61. The molecule has 2 rings (SSSR count). The van der Waals surface area contributed by atoms with E-state index >= 15 is 0 Å². The molecule has 1 aromatic heterocycles. The second-order valence-electron chi connectivity index (χ2n) is 4.02. The second kappa shape index (κ2) is 5.55. The number of aromatic nitrogens is 3. The highest BCUT2D eigenvalue weighted by atomic mass is 16.5. The fraction of sp³-hybridized carbons (Fsp3) is 0.308. The van der Waals surface area contributed by atoms with Crippen LogP contribution >= 0.6 is 0 Å². The highest BCUT2D eigenvalue weighted by Crippen LogP contribution is 2.12. The molecule has 5 heteroatoms. The monoisotopic (exact) mass is 244 g/mol. The van der Waals surface area contributed by atoms with Gasteiger partial charge in [-0.1, -0.05) is 17.7 Å². The van der Waals surface area contributed by atoms with Gasteiger partial charge in [0.25, 0.3) is 0 Å². The number of aryl methyl sites for hydroxylation is 2. The molecule has 2 N–H and O–H groups in total. The molecule has 5 nitrogen and oxygen atoms in total. The molecule has 0 fully saturated rings. The summed E-state index contributed by atoms with van der Waals surface area (Å²) in [6.07, 6.45) is 0. The molecule has 18 heavy (non-hydrogen) atoms. The minimum Gasteiger partial charge on any atom is -0.486 e. The highest BCUT2D eigenvalue weighted by Gasteiger charge is 2.03. The van der Waals surface area contributed by atoms with Crippen molar-refractivity contribution in [3.05, 3.63) is 47.3 Å². The smallest absolute Gasteiger partial charge is 0.170 e. The van der Waals surface area contributed by atoms with E-state index in [2.05, 4.69) is 15.0 Å². The summed E-state index contributed by atoms with van der Waals surface area (Å²) in [6, 6.07) is 7.85. The van der Waals surface area contributed by atoms with Crippen LogP contribution in [0.25, 0.3) is 0 Å². The summed E-state index contributed by atoms with van der Waals surface area (Å²) in [5.74, 6) is 2.65. The zero-order valence-corrected chi connectivity index (χ0v) is 10.6. The molecule has 0 atom stereocenters. The number of hydrogen-bond acceptors (Lipinski definition) is 5. The third-order valence-electron chi connectivity index (χ3n) is 2.41. The molecule has 0 spiro atoms. The molecular weight excluding hydrogens is 228 g/mol. The Bertz CT molecular complexity index is 525. The average molecular weight is 244 g/mol. The van der Waals surface area contributed by atoms with E-state index in [1.165, 1.54) is 5.56 Å². The number of nitrogens with two attached hydrogens (primary N) is 1. The molecule has 0 bridgehead atoms. The van der Waals surface area contributed by atoms with Crippen molar-refractivity contribution in [3.8, 4) is 5.75 Å². The lowest BCUT2D eigenvalue weighted by atomic mass is 10.2. The lowest BCUT2D eigenvalue weighted by Gasteiger charge is -2.06. The van der Waals surface area contributed by atoms with Crippen molar-refractivity contribution in [3.63, 3.8) is 0 Å². The van der Waals surface area contributed by atoms with Gasteiger partial charge in [-0.15, -0.1) is 0 Å². The predicted molar refractivity (Wildman–Crippen MR) is 68.0 cm³/mol. The predicted octanol–water partition coefficient (Wildman–Crippen LogP) is 1.53. The Balaban J connectivity index is 2.05. The van der Waals surface area contributed by atoms with Gasteiger partial charge < -0.3 is 10.5 Å². The van der Waals surface area contributed by atoms with Crippen molar-refractivity contribution < 1.29 is 4.74 Å². The van der Waals surface area contributed by atoms with Gasteiger partial charge in [0.1, 0.15) is 24.0 Å². The van der Waals surface area contributed by atoms with Crippen LogP contribution in [0.1, 0.15) is 23.0 Å². The molecule has 1 heterocycles. The summed E-state index contributed by atoms with van der Waals surface area (Å²) >= 11 is 0. The van der Waals surface area contributed by atoms with E-state index in [-0.39, 0.29) is 0 Å². The summed E-state index contributed by atoms with van der Waals surface area (Å²) < 4.78 is 5.61. The summed E-state index contributed by atoms with van der Waals surface area (Å²) in [7, 11) is 0. The average Bonchev–Trinajstić information content (AvgIpc) is 2.37. The molecule has 0 radical (unpaired) electrons. The van der Waals surface area contributed by atoms with E-state index in [0.717, 1.165) is 5.75 Å². The Kier molecular flexibility index (Phi) is 3.84. The van der Waals surface area contributed by atoms with E-state index in [1.807, 2.05) is 38.1 Å². The molecule has 0 unspecified atom stereocenters. The standard InChI is InChI=1S/C13H16N4O/c1-9-3-5-11(6-4-9)18-8-13-16-10(2)15-12(7-14)17-13/h3-6H,7-8,14H2,1-2H3. The first-order valence-corrected chi connectivity index (χ1v) is 5.77. The van der Waals surface area contributed by atoms with Gasteiger partial charge in [0, 0.05) is 0 Å². The number of ether oxygens (including phenoxy) is 1. The number of benzene rings is 1. The van der Waals surface area contributed by atoms with E-state index in [9.17, 15) is 0 Å². The lowest BCUT2D eigenvalue weighted by molar-refractivity contribution is 0.294. The molecule has 0 saturated heterocycles. The molecule has 1 aromatic carbocycles. The van der Waals surface area contributed by atoms with Crippen molar-refractivity contribution in [2.45, 2.75) is 27.0 Å². The van der Waals surface area contributed by atoms with E-state index in [4.69, 9.17) is 10.5 Å². The molecule has 0 aliphatic carbocycles. The molecule has 0 aliphatic heterocycles. The Hall–Kier alpha value is -2.01. The minimum atomic E-state index is 0.306. The van der Waals surface area contributed by atoms with Crippen LogP contribution in [0.3, 0.4) is 0 Å². The van der Waals surface area contributed by atoms with E-state index in [1.54, 1.807) is 0 Å². The third-order valence-corrected chi connectivity index (χ3v) is 2.41. The molecule has 0 aliphatic rings. The molecule has 94 valence electrons. The molecule has 2 aromatic rings. The SMILES string of the molecule is Cc1ccc(OCc2nc(C)nc(CN)n2)cc1. The van der Waals surface area contributed by atoms with Crippen molar-refractivity contribution in [1.29, 1.82) is 0 Å². The Morgan fingerprint density at radius 3 is 2.33 bits per heavy atom. The normalized spacial score (nSPS) is 10.4. The van der Waals surface area contributed by atoms with Gasteiger partial charge in [-0.2, -0.15) is 0 Å². The second-order valence-corrected chi connectivity index (χ2v) is 4.02. The Labute approximate surface area is 106 Å². The van der Waals surface area contributed by atoms with Crippen molar-refractivity contribution in [1.82, 2.24) is 15.0 Å². The Morgan fingerprint density at radius 2 is 1.67 bits per heavy atom. The summed E-state index contributed by atoms with van der Waals surface area (Å²) in [5, 5.41) is 0. The quantitative estimate of drug-likeness (QED) is 0.882. The van der Waals surface area contributed by atoms with Gasteiger partial charge in [0.05, 0.1) is 6.54 Å². The van der Waals surface area contributed by atoms with Gasteiger partial charge >= 0.3 is 0 Å². The topological polar surface area (TPSA) is 73.9 Å². The number of hydrogen-bond donors (Lipinski definition) is 1. The highest BCUT2D eigenvalue weighted by molar-refractivity contribution is 5.26. The maximum Gasteiger partial charge on any atom is 0.170 e. The van der Waals surface area contributed by atoms with Crippen LogP contribution in [0.5, 0.6) is 5.75 Å².